The van der Waals surface area contributed by atoms with Gasteiger partial charge in [-0.1, -0.05) is 0 Å². The van der Waals surface area contributed by atoms with E-state index in [1.54, 1.807) is 0 Å². The van der Waals surface area contributed by atoms with E-state index in [-0.39, 0.29) is 16.6 Å². The summed E-state index contributed by atoms with van der Waals surface area (Å²) in [7, 11) is 1.71. The van der Waals surface area contributed by atoms with Gasteiger partial charge < -0.3 is 14.6 Å². The average molecular weight is 315 g/mol. The molecule has 2 heterocycles. The van der Waals surface area contributed by atoms with Crippen LogP contribution in [-0.4, -0.2) is 66.5 Å². The maximum Gasteiger partial charge on any atom is 0.352 e. The van der Waals surface area contributed by atoms with E-state index in [9.17, 15) is 13.2 Å². The number of hydrogen-bond donors (Lipinski definition) is 1. The number of carbonyl (C=O) groups is 1. The Balaban J connectivity index is 2.33. The molecule has 1 aromatic rings. The summed E-state index contributed by atoms with van der Waals surface area (Å²) in [5, 5.41) is 9.05. The van der Waals surface area contributed by atoms with Gasteiger partial charge in [0.25, 0.3) is 0 Å². The second kappa shape index (κ2) is 5.78. The van der Waals surface area contributed by atoms with Crippen LogP contribution in [0.3, 0.4) is 0 Å². The fourth-order valence-corrected chi connectivity index (χ4v) is 4.51. The molecule has 0 amide bonds. The van der Waals surface area contributed by atoms with Crippen molar-refractivity contribution in [3.63, 3.8) is 0 Å². The van der Waals surface area contributed by atoms with Crippen LogP contribution < -0.4 is 0 Å². The summed E-state index contributed by atoms with van der Waals surface area (Å²) in [5.74, 6) is -1.13. The Morgan fingerprint density at radius 1 is 1.48 bits per heavy atom. The molecule has 1 atom stereocenters. The minimum absolute atomic E-state index is 0.0306. The average Bonchev–Trinajstić information content (AvgIpc) is 2.95. The fourth-order valence-electron chi connectivity index (χ4n) is 2.75. The molecule has 0 radical (unpaired) electrons. The molecule has 1 fully saturated rings. The maximum absolute atomic E-state index is 12.7. The molecular formula is C13H21N3O4S. The number of hydrogen-bond acceptors (Lipinski definition) is 4. The van der Waals surface area contributed by atoms with Gasteiger partial charge >= 0.3 is 5.97 Å². The minimum atomic E-state index is -3.65. The lowest BCUT2D eigenvalue weighted by atomic mass is 10.2. The van der Waals surface area contributed by atoms with Gasteiger partial charge in [-0.25, -0.2) is 13.2 Å². The van der Waals surface area contributed by atoms with Gasteiger partial charge in [0.15, 0.2) is 0 Å². The van der Waals surface area contributed by atoms with E-state index in [2.05, 4.69) is 0 Å². The van der Waals surface area contributed by atoms with Crippen molar-refractivity contribution >= 4 is 16.0 Å². The number of likely N-dealkylation sites (N-methyl/N-ethyl adjacent to an activating group) is 1. The van der Waals surface area contributed by atoms with Crippen LogP contribution in [0.1, 0.15) is 23.3 Å². The first-order chi connectivity index (χ1) is 9.73. The highest BCUT2D eigenvalue weighted by atomic mass is 32.2. The second-order valence-corrected chi connectivity index (χ2v) is 7.54. The van der Waals surface area contributed by atoms with Gasteiger partial charge in [-0.05, 0) is 33.0 Å². The molecule has 0 saturated carbocycles. The number of sulfonamides is 1. The van der Waals surface area contributed by atoms with Crippen LogP contribution in [0.25, 0.3) is 0 Å². The van der Waals surface area contributed by atoms with Gasteiger partial charge in [-0.2, -0.15) is 4.31 Å². The second-order valence-electron chi connectivity index (χ2n) is 5.65. The van der Waals surface area contributed by atoms with Crippen LogP contribution in [0.5, 0.6) is 0 Å². The molecule has 7 nitrogen and oxygen atoms in total. The van der Waals surface area contributed by atoms with Gasteiger partial charge in [-0.15, -0.1) is 0 Å². The van der Waals surface area contributed by atoms with E-state index in [4.69, 9.17) is 5.11 Å². The molecular weight excluding hydrogens is 294 g/mol. The Labute approximate surface area is 124 Å². The molecule has 1 aliphatic rings. The Kier molecular flexibility index (Phi) is 4.40. The summed E-state index contributed by atoms with van der Waals surface area (Å²) in [6.45, 7) is 1.15. The summed E-state index contributed by atoms with van der Waals surface area (Å²) in [5.41, 5.74) is -0.0306. The van der Waals surface area contributed by atoms with Crippen molar-refractivity contribution < 1.29 is 18.3 Å². The molecule has 0 aromatic carbocycles. The first-order valence-corrected chi connectivity index (χ1v) is 8.23. The summed E-state index contributed by atoms with van der Waals surface area (Å²) in [6.07, 6.45) is 3.02. The number of carboxylic acids is 1. The van der Waals surface area contributed by atoms with Crippen molar-refractivity contribution in [1.29, 1.82) is 0 Å². The van der Waals surface area contributed by atoms with Crippen LogP contribution in [-0.2, 0) is 17.1 Å². The number of carboxylic acid groups (broad SMARTS) is 1. The van der Waals surface area contributed by atoms with Crippen molar-refractivity contribution in [2.75, 3.05) is 27.2 Å². The van der Waals surface area contributed by atoms with Crippen molar-refractivity contribution in [3.8, 4) is 0 Å². The van der Waals surface area contributed by atoms with Crippen molar-refractivity contribution in [2.45, 2.75) is 23.8 Å². The maximum atomic E-state index is 12.7. The Bertz CT molecular complexity index is 636. The standard InChI is InChI=1S/C13H21N3O4S/c1-14(2)8-10-5-4-6-16(10)21(19,20)11-7-12(13(17)18)15(3)9-11/h7,9-10H,4-6,8H2,1-3H3,(H,17,18). The molecule has 0 spiro atoms. The number of nitrogens with zero attached hydrogens (tertiary/aromatic N) is 3. The van der Waals surface area contributed by atoms with Crippen LogP contribution in [0, 0.1) is 0 Å². The van der Waals surface area contributed by atoms with E-state index in [1.807, 2.05) is 19.0 Å². The van der Waals surface area contributed by atoms with Crippen LogP contribution >= 0.6 is 0 Å². The molecule has 1 unspecified atom stereocenters. The third-order valence-electron chi connectivity index (χ3n) is 3.70. The van der Waals surface area contributed by atoms with Crippen molar-refractivity contribution in [3.05, 3.63) is 18.0 Å². The van der Waals surface area contributed by atoms with Gasteiger partial charge in [0.05, 0.1) is 0 Å². The molecule has 118 valence electrons. The lowest BCUT2D eigenvalue weighted by Gasteiger charge is -2.26. The zero-order chi connectivity index (χ0) is 15.8. The number of rotatable bonds is 5. The van der Waals surface area contributed by atoms with E-state index >= 15 is 0 Å². The molecule has 2 rings (SSSR count). The first kappa shape index (κ1) is 16.0. The lowest BCUT2D eigenvalue weighted by Crippen LogP contribution is -2.41. The third kappa shape index (κ3) is 3.12. The predicted octanol–water partition coefficient (Wildman–Crippen LogP) is 0.438. The van der Waals surface area contributed by atoms with Gasteiger partial charge in [0.1, 0.15) is 10.6 Å². The third-order valence-corrected chi connectivity index (χ3v) is 5.62. The first-order valence-electron chi connectivity index (χ1n) is 6.79. The van der Waals surface area contributed by atoms with E-state index in [0.717, 1.165) is 12.8 Å². The molecule has 1 aromatic heterocycles. The Morgan fingerprint density at radius 2 is 2.14 bits per heavy atom. The zero-order valence-electron chi connectivity index (χ0n) is 12.5. The highest BCUT2D eigenvalue weighted by Crippen LogP contribution is 2.27. The largest absolute Gasteiger partial charge is 0.477 e. The minimum Gasteiger partial charge on any atom is -0.477 e. The summed E-state index contributed by atoms with van der Waals surface area (Å²) < 4.78 is 28.3. The molecule has 8 heteroatoms. The van der Waals surface area contributed by atoms with Crippen molar-refractivity contribution in [2.24, 2.45) is 7.05 Å². The molecule has 0 aliphatic carbocycles. The van der Waals surface area contributed by atoms with E-state index in [0.29, 0.717) is 13.1 Å². The molecule has 1 saturated heterocycles. The summed E-state index contributed by atoms with van der Waals surface area (Å²) in [4.78, 5) is 13.1. The van der Waals surface area contributed by atoms with E-state index in [1.165, 1.54) is 28.2 Å². The van der Waals surface area contributed by atoms with Gasteiger partial charge in [0.2, 0.25) is 10.0 Å². The molecule has 0 bridgehead atoms. The Morgan fingerprint density at radius 3 is 2.67 bits per heavy atom. The number of aryl methyl sites for hydroxylation is 1. The van der Waals surface area contributed by atoms with Crippen LogP contribution in [0.15, 0.2) is 17.2 Å². The lowest BCUT2D eigenvalue weighted by molar-refractivity contribution is 0.0686. The highest BCUT2D eigenvalue weighted by Gasteiger charge is 2.36. The molecule has 21 heavy (non-hydrogen) atoms. The normalized spacial score (nSPS) is 20.3. The smallest absolute Gasteiger partial charge is 0.352 e. The predicted molar refractivity (Wildman–Crippen MR) is 77.8 cm³/mol. The van der Waals surface area contributed by atoms with Crippen molar-refractivity contribution in [1.82, 2.24) is 13.8 Å². The van der Waals surface area contributed by atoms with Crippen LogP contribution in [0.4, 0.5) is 0 Å². The topological polar surface area (TPSA) is 82.8 Å². The SMILES string of the molecule is CN(C)CC1CCCN1S(=O)(=O)c1cc(C(=O)O)n(C)c1. The number of aromatic carboxylic acids is 1. The quantitative estimate of drug-likeness (QED) is 0.852. The monoisotopic (exact) mass is 315 g/mol. The van der Waals surface area contributed by atoms with Gasteiger partial charge in [-0.3, -0.25) is 0 Å². The highest BCUT2D eigenvalue weighted by molar-refractivity contribution is 7.89. The van der Waals surface area contributed by atoms with E-state index < -0.39 is 16.0 Å². The fraction of sp³-hybridized carbons (Fsp3) is 0.615. The van der Waals surface area contributed by atoms with Crippen LogP contribution in [0.2, 0.25) is 0 Å². The summed E-state index contributed by atoms with van der Waals surface area (Å²) in [6, 6.07) is 1.17. The summed E-state index contributed by atoms with van der Waals surface area (Å²) >= 11 is 0. The van der Waals surface area contributed by atoms with Gasteiger partial charge in [0, 0.05) is 32.4 Å². The zero-order valence-corrected chi connectivity index (χ0v) is 13.3. The number of aromatic nitrogens is 1. The molecule has 1 N–H and O–H groups in total. The molecule has 1 aliphatic heterocycles. The Hall–Kier alpha value is -1.38.